The molecule has 5 heteroatoms. The van der Waals surface area contributed by atoms with Crippen molar-refractivity contribution in [2.24, 2.45) is 10.2 Å². The normalized spacial score (nSPS) is 11.7. The van der Waals surface area contributed by atoms with Crippen LogP contribution in [-0.2, 0) is 0 Å². The molecule has 0 bridgehead atoms. The molecule has 0 amide bonds. The highest BCUT2D eigenvalue weighted by Gasteiger charge is 2.13. The standard InChI is InChI=1S/C39H63N4O/c1-4-5-6-7-8-9-12-15-18-21-32-43(2,3)33-22-19-16-13-10-11-14-17-20-23-34-44-39-30-28-38(29-31-39)42-41-37-26-24-36(35-40)25-27-37/h24-31H,4-23,32-34H2,1-3H3/q+1. The van der Waals surface area contributed by atoms with Gasteiger partial charge < -0.3 is 9.22 Å². The van der Waals surface area contributed by atoms with E-state index in [0.717, 1.165) is 30.2 Å². The van der Waals surface area contributed by atoms with Crippen LogP contribution in [0.2, 0.25) is 0 Å². The van der Waals surface area contributed by atoms with Crippen molar-refractivity contribution in [1.29, 1.82) is 5.26 Å². The van der Waals surface area contributed by atoms with Gasteiger partial charge in [0.05, 0.1) is 56.8 Å². The van der Waals surface area contributed by atoms with E-state index in [1.165, 1.54) is 140 Å². The third-order valence-corrected chi connectivity index (χ3v) is 8.66. The summed E-state index contributed by atoms with van der Waals surface area (Å²) < 4.78 is 7.11. The number of unbranched alkanes of at least 4 members (excludes halogenated alkanes) is 18. The van der Waals surface area contributed by atoms with Crippen LogP contribution in [0.4, 0.5) is 11.4 Å². The van der Waals surface area contributed by atoms with E-state index in [4.69, 9.17) is 10.00 Å². The molecule has 0 radical (unpaired) electrons. The first-order chi connectivity index (χ1) is 21.5. The number of ether oxygens (including phenoxy) is 1. The van der Waals surface area contributed by atoms with Crippen molar-refractivity contribution in [3.8, 4) is 11.8 Å². The molecular weight excluding hydrogens is 540 g/mol. The second kappa shape index (κ2) is 24.6. The number of azo groups is 1. The Morgan fingerprint density at radius 3 is 1.36 bits per heavy atom. The Labute approximate surface area is 270 Å². The Balaban J connectivity index is 1.36. The van der Waals surface area contributed by atoms with E-state index in [0.29, 0.717) is 5.56 Å². The van der Waals surface area contributed by atoms with E-state index in [1.54, 1.807) is 24.3 Å². The van der Waals surface area contributed by atoms with Crippen molar-refractivity contribution >= 4 is 11.4 Å². The van der Waals surface area contributed by atoms with Crippen LogP contribution < -0.4 is 4.74 Å². The van der Waals surface area contributed by atoms with Gasteiger partial charge >= 0.3 is 0 Å². The molecule has 44 heavy (non-hydrogen) atoms. The van der Waals surface area contributed by atoms with E-state index < -0.39 is 0 Å². The maximum Gasteiger partial charge on any atom is 0.119 e. The zero-order valence-corrected chi connectivity index (χ0v) is 28.6. The summed E-state index contributed by atoms with van der Waals surface area (Å²) >= 11 is 0. The topological polar surface area (TPSA) is 57.7 Å². The largest absolute Gasteiger partial charge is 0.494 e. The maximum absolute atomic E-state index is 8.88. The minimum absolute atomic E-state index is 0.620. The highest BCUT2D eigenvalue weighted by atomic mass is 16.5. The van der Waals surface area contributed by atoms with E-state index in [1.807, 2.05) is 24.3 Å². The molecule has 0 N–H and O–H groups in total. The van der Waals surface area contributed by atoms with Crippen LogP contribution in [0.15, 0.2) is 58.8 Å². The maximum atomic E-state index is 8.88. The van der Waals surface area contributed by atoms with E-state index in [2.05, 4.69) is 37.3 Å². The average molecular weight is 604 g/mol. The SMILES string of the molecule is CCCCCCCCCCCC[N+](C)(C)CCCCCCCCCCCCOc1ccc(N=Nc2ccc(C#N)cc2)cc1. The molecule has 0 atom stereocenters. The summed E-state index contributed by atoms with van der Waals surface area (Å²) in [5, 5.41) is 17.4. The van der Waals surface area contributed by atoms with Gasteiger partial charge in [0.15, 0.2) is 0 Å². The molecule has 0 spiro atoms. The number of benzene rings is 2. The van der Waals surface area contributed by atoms with Gasteiger partial charge in [-0.2, -0.15) is 15.5 Å². The minimum atomic E-state index is 0.620. The van der Waals surface area contributed by atoms with Gasteiger partial charge in [0.1, 0.15) is 5.75 Å². The molecule has 0 saturated carbocycles. The van der Waals surface area contributed by atoms with Gasteiger partial charge in [-0.1, -0.05) is 103 Å². The minimum Gasteiger partial charge on any atom is -0.494 e. The van der Waals surface area contributed by atoms with Gasteiger partial charge in [0.25, 0.3) is 0 Å². The lowest BCUT2D eigenvalue weighted by molar-refractivity contribution is -0.890. The lowest BCUT2D eigenvalue weighted by Crippen LogP contribution is -2.41. The molecule has 2 aromatic rings. The van der Waals surface area contributed by atoms with Crippen molar-refractivity contribution in [2.75, 3.05) is 33.8 Å². The molecule has 2 aromatic carbocycles. The van der Waals surface area contributed by atoms with Crippen molar-refractivity contribution in [2.45, 2.75) is 135 Å². The number of hydrogen-bond donors (Lipinski definition) is 0. The molecule has 244 valence electrons. The van der Waals surface area contributed by atoms with Gasteiger partial charge in [-0.3, -0.25) is 0 Å². The molecule has 0 aromatic heterocycles. The summed E-state index contributed by atoms with van der Waals surface area (Å²) in [6.45, 7) is 5.75. The quantitative estimate of drug-likeness (QED) is 0.0579. The van der Waals surface area contributed by atoms with Crippen LogP contribution in [0.5, 0.6) is 5.75 Å². The molecule has 0 aliphatic rings. The monoisotopic (exact) mass is 603 g/mol. The highest BCUT2D eigenvalue weighted by molar-refractivity contribution is 5.44. The van der Waals surface area contributed by atoms with Crippen LogP contribution in [0.1, 0.15) is 141 Å². The van der Waals surface area contributed by atoms with Gasteiger partial charge in [0.2, 0.25) is 0 Å². The molecule has 0 aliphatic carbocycles. The molecule has 0 saturated heterocycles. The number of nitriles is 1. The van der Waals surface area contributed by atoms with E-state index in [-0.39, 0.29) is 0 Å². The highest BCUT2D eigenvalue weighted by Crippen LogP contribution is 2.22. The van der Waals surface area contributed by atoms with Gasteiger partial charge in [-0.05, 0) is 80.6 Å². The van der Waals surface area contributed by atoms with E-state index >= 15 is 0 Å². The van der Waals surface area contributed by atoms with Gasteiger partial charge in [-0.25, -0.2) is 0 Å². The second-order valence-electron chi connectivity index (χ2n) is 13.3. The summed E-state index contributed by atoms with van der Waals surface area (Å²) in [6, 6.07) is 16.9. The lowest BCUT2D eigenvalue weighted by Gasteiger charge is -2.30. The zero-order chi connectivity index (χ0) is 31.6. The van der Waals surface area contributed by atoms with Crippen molar-refractivity contribution < 1.29 is 9.22 Å². The fraction of sp³-hybridized carbons (Fsp3) is 0.667. The predicted molar refractivity (Wildman–Crippen MR) is 187 cm³/mol. The molecule has 5 nitrogen and oxygen atoms in total. The first-order valence-electron chi connectivity index (χ1n) is 18.0. The smallest absolute Gasteiger partial charge is 0.119 e. The molecule has 0 aliphatic heterocycles. The first kappa shape index (κ1) is 37.5. The average Bonchev–Trinajstić information content (AvgIpc) is 3.04. The van der Waals surface area contributed by atoms with Crippen LogP contribution in [0.3, 0.4) is 0 Å². The Morgan fingerprint density at radius 1 is 0.545 bits per heavy atom. The van der Waals surface area contributed by atoms with Crippen molar-refractivity contribution in [3.05, 3.63) is 54.1 Å². The molecule has 0 fully saturated rings. The third-order valence-electron chi connectivity index (χ3n) is 8.66. The van der Waals surface area contributed by atoms with Crippen LogP contribution in [0.25, 0.3) is 0 Å². The number of rotatable bonds is 27. The van der Waals surface area contributed by atoms with E-state index in [9.17, 15) is 0 Å². The van der Waals surface area contributed by atoms with Gasteiger partial charge in [-0.15, -0.1) is 0 Å². The molecule has 0 heterocycles. The van der Waals surface area contributed by atoms with Crippen molar-refractivity contribution in [3.63, 3.8) is 0 Å². The molecule has 2 rings (SSSR count). The van der Waals surface area contributed by atoms with Crippen LogP contribution in [0, 0.1) is 11.3 Å². The Morgan fingerprint density at radius 2 is 0.932 bits per heavy atom. The molecular formula is C39H63N4O+. The van der Waals surface area contributed by atoms with Gasteiger partial charge in [0, 0.05) is 0 Å². The Kier molecular flexibility index (Phi) is 20.9. The summed E-state index contributed by atoms with van der Waals surface area (Å²) in [7, 11) is 4.87. The Bertz CT molecular complexity index is 1020. The molecule has 0 unspecified atom stereocenters. The number of hydrogen-bond acceptors (Lipinski definition) is 4. The fourth-order valence-corrected chi connectivity index (χ4v) is 5.71. The zero-order valence-electron chi connectivity index (χ0n) is 28.6. The summed E-state index contributed by atoms with van der Waals surface area (Å²) in [5.74, 6) is 0.878. The third kappa shape index (κ3) is 19.5. The first-order valence-corrected chi connectivity index (χ1v) is 18.0. The summed E-state index contributed by atoms with van der Waals surface area (Å²) in [4.78, 5) is 0. The number of nitrogens with zero attached hydrogens (tertiary/aromatic N) is 4. The van der Waals surface area contributed by atoms with Crippen molar-refractivity contribution in [1.82, 2.24) is 0 Å². The summed E-state index contributed by atoms with van der Waals surface area (Å²) in [5.41, 5.74) is 2.13. The van der Waals surface area contributed by atoms with Crippen LogP contribution in [-0.4, -0.2) is 38.3 Å². The Hall–Kier alpha value is -2.71. The second-order valence-corrected chi connectivity index (χ2v) is 13.3. The predicted octanol–water partition coefficient (Wildman–Crippen LogP) is 12.3. The summed E-state index contributed by atoms with van der Waals surface area (Å²) in [6.07, 6.45) is 27.6. The fourth-order valence-electron chi connectivity index (χ4n) is 5.71. The number of quaternary nitrogens is 1. The lowest BCUT2D eigenvalue weighted by atomic mass is 10.1. The van der Waals surface area contributed by atoms with Crippen LogP contribution >= 0.6 is 0 Å².